The molecule has 0 saturated heterocycles. The minimum atomic E-state index is 0.120. The van der Waals surface area contributed by atoms with Crippen LogP contribution in [0.25, 0.3) is 0 Å². The van der Waals surface area contributed by atoms with Crippen LogP contribution in [0.15, 0.2) is 30.3 Å². The summed E-state index contributed by atoms with van der Waals surface area (Å²) >= 11 is 0. The molecule has 2 heteroatoms. The van der Waals surface area contributed by atoms with Crippen LogP contribution in [-0.4, -0.2) is 18.6 Å². The van der Waals surface area contributed by atoms with Crippen molar-refractivity contribution >= 4 is 0 Å². The third kappa shape index (κ3) is 4.18. The van der Waals surface area contributed by atoms with Crippen LogP contribution in [0.5, 0.6) is 0 Å². The van der Waals surface area contributed by atoms with Crippen LogP contribution in [0.3, 0.4) is 0 Å². The molecule has 0 radical (unpaired) electrons. The fourth-order valence-corrected chi connectivity index (χ4v) is 2.17. The fraction of sp³-hybridized carbons (Fsp3) is 0.500. The molecule has 0 aliphatic rings. The Bertz CT molecular complexity index is 366. The Kier molecular flexibility index (Phi) is 6.49. The van der Waals surface area contributed by atoms with Gasteiger partial charge >= 0.3 is 0 Å². The van der Waals surface area contributed by atoms with Crippen molar-refractivity contribution in [3.8, 4) is 12.3 Å². The summed E-state index contributed by atoms with van der Waals surface area (Å²) in [6, 6.07) is 10.8. The predicted octanol–water partition coefficient (Wildman–Crippen LogP) is 2.51. The number of nitrogens with two attached hydrogens (primary N) is 1. The second-order valence-electron chi connectivity index (χ2n) is 4.72. The van der Waals surface area contributed by atoms with E-state index < -0.39 is 0 Å². The van der Waals surface area contributed by atoms with E-state index in [0.29, 0.717) is 12.5 Å². The number of hydrogen-bond acceptors (Lipinski definition) is 2. The first-order chi connectivity index (χ1) is 8.72. The van der Waals surface area contributed by atoms with Gasteiger partial charge in [0.2, 0.25) is 0 Å². The Morgan fingerprint density at radius 3 is 2.50 bits per heavy atom. The van der Waals surface area contributed by atoms with Gasteiger partial charge in [-0.05, 0) is 17.9 Å². The molecule has 1 rings (SSSR count). The lowest BCUT2D eigenvalue weighted by atomic mass is 9.92. The molecule has 0 bridgehead atoms. The average Bonchev–Trinajstić information content (AvgIpc) is 2.43. The van der Waals surface area contributed by atoms with Gasteiger partial charge in [-0.2, -0.15) is 0 Å². The van der Waals surface area contributed by atoms with Crippen molar-refractivity contribution in [2.45, 2.75) is 44.7 Å². The summed E-state index contributed by atoms with van der Waals surface area (Å²) in [5, 5.41) is 3.49. The summed E-state index contributed by atoms with van der Waals surface area (Å²) < 4.78 is 0. The van der Waals surface area contributed by atoms with Crippen LogP contribution >= 0.6 is 0 Å². The van der Waals surface area contributed by atoms with Gasteiger partial charge in [0.1, 0.15) is 0 Å². The Morgan fingerprint density at radius 1 is 1.33 bits per heavy atom. The van der Waals surface area contributed by atoms with Gasteiger partial charge in [-0.1, -0.05) is 56.5 Å². The minimum Gasteiger partial charge on any atom is -0.329 e. The van der Waals surface area contributed by atoms with Crippen molar-refractivity contribution in [2.75, 3.05) is 6.54 Å². The molecule has 0 amide bonds. The van der Waals surface area contributed by atoms with Crippen molar-refractivity contribution < 1.29 is 0 Å². The number of terminal acetylenes is 1. The second kappa shape index (κ2) is 7.92. The predicted molar refractivity (Wildman–Crippen MR) is 78.4 cm³/mol. The molecule has 0 saturated carbocycles. The van der Waals surface area contributed by atoms with Gasteiger partial charge in [-0.15, -0.1) is 6.42 Å². The SMILES string of the molecule is C#CC(CCC)NC(CN)C(C)c1ccccc1. The Hall–Kier alpha value is -1.30. The standard InChI is InChI=1S/C16H24N2/c1-4-9-15(5-2)18-16(12-17)13(3)14-10-7-6-8-11-14/h2,6-8,10-11,13,15-16,18H,4,9,12,17H2,1,3H3. The number of nitrogens with one attached hydrogen (secondary N) is 1. The van der Waals surface area contributed by atoms with Gasteiger partial charge in [0.15, 0.2) is 0 Å². The highest BCUT2D eigenvalue weighted by Crippen LogP contribution is 2.19. The summed E-state index contributed by atoms with van der Waals surface area (Å²) in [4.78, 5) is 0. The first kappa shape index (κ1) is 14.8. The normalized spacial score (nSPS) is 15.7. The fourth-order valence-electron chi connectivity index (χ4n) is 2.17. The summed E-state index contributed by atoms with van der Waals surface area (Å²) in [5.74, 6) is 3.17. The van der Waals surface area contributed by atoms with Crippen molar-refractivity contribution in [1.29, 1.82) is 0 Å². The zero-order valence-electron chi connectivity index (χ0n) is 11.4. The van der Waals surface area contributed by atoms with Crippen molar-refractivity contribution in [3.05, 3.63) is 35.9 Å². The monoisotopic (exact) mass is 244 g/mol. The van der Waals surface area contributed by atoms with Gasteiger partial charge in [0.05, 0.1) is 6.04 Å². The zero-order valence-corrected chi connectivity index (χ0v) is 11.4. The van der Waals surface area contributed by atoms with Crippen LogP contribution in [0.1, 0.15) is 38.2 Å². The van der Waals surface area contributed by atoms with Crippen LogP contribution in [0.4, 0.5) is 0 Å². The molecule has 0 heterocycles. The molecule has 18 heavy (non-hydrogen) atoms. The molecule has 0 aliphatic heterocycles. The lowest BCUT2D eigenvalue weighted by Crippen LogP contribution is -2.45. The van der Waals surface area contributed by atoms with Crippen molar-refractivity contribution in [3.63, 3.8) is 0 Å². The third-order valence-electron chi connectivity index (χ3n) is 3.38. The average molecular weight is 244 g/mol. The number of benzene rings is 1. The number of hydrogen-bond donors (Lipinski definition) is 2. The molecule has 1 aromatic rings. The summed E-state index contributed by atoms with van der Waals surface area (Å²) in [6.07, 6.45) is 7.62. The van der Waals surface area contributed by atoms with E-state index in [-0.39, 0.29) is 12.1 Å². The maximum Gasteiger partial charge on any atom is 0.0689 e. The highest BCUT2D eigenvalue weighted by molar-refractivity contribution is 5.21. The van der Waals surface area contributed by atoms with Crippen molar-refractivity contribution in [1.82, 2.24) is 5.32 Å². The second-order valence-corrected chi connectivity index (χ2v) is 4.72. The van der Waals surface area contributed by atoms with E-state index in [4.69, 9.17) is 12.2 Å². The molecule has 98 valence electrons. The van der Waals surface area contributed by atoms with Gasteiger partial charge in [-0.25, -0.2) is 0 Å². The third-order valence-corrected chi connectivity index (χ3v) is 3.38. The van der Waals surface area contributed by atoms with Crippen LogP contribution < -0.4 is 11.1 Å². The largest absolute Gasteiger partial charge is 0.329 e. The highest BCUT2D eigenvalue weighted by Gasteiger charge is 2.19. The number of rotatable bonds is 7. The van der Waals surface area contributed by atoms with E-state index in [1.807, 2.05) is 6.07 Å². The molecular weight excluding hydrogens is 220 g/mol. The molecular formula is C16H24N2. The first-order valence-electron chi connectivity index (χ1n) is 6.70. The summed E-state index contributed by atoms with van der Waals surface area (Å²) in [5.41, 5.74) is 7.18. The van der Waals surface area contributed by atoms with Gasteiger partial charge in [0, 0.05) is 12.6 Å². The van der Waals surface area contributed by atoms with E-state index in [1.165, 1.54) is 5.56 Å². The maximum atomic E-state index is 5.88. The molecule has 3 atom stereocenters. The van der Waals surface area contributed by atoms with E-state index in [9.17, 15) is 0 Å². The van der Waals surface area contributed by atoms with Crippen LogP contribution in [0.2, 0.25) is 0 Å². The lowest BCUT2D eigenvalue weighted by Gasteiger charge is -2.27. The smallest absolute Gasteiger partial charge is 0.0689 e. The molecule has 0 fully saturated rings. The molecule has 1 aromatic carbocycles. The Morgan fingerprint density at radius 2 is 2.00 bits per heavy atom. The van der Waals surface area contributed by atoms with Gasteiger partial charge in [0.25, 0.3) is 0 Å². The van der Waals surface area contributed by atoms with E-state index in [2.05, 4.69) is 49.4 Å². The molecule has 3 N–H and O–H groups in total. The topological polar surface area (TPSA) is 38.0 Å². The highest BCUT2D eigenvalue weighted by atomic mass is 15.0. The van der Waals surface area contributed by atoms with Gasteiger partial charge in [-0.3, -0.25) is 5.32 Å². The summed E-state index contributed by atoms with van der Waals surface area (Å²) in [6.45, 7) is 4.93. The summed E-state index contributed by atoms with van der Waals surface area (Å²) in [7, 11) is 0. The Labute approximate surface area is 111 Å². The molecule has 0 spiro atoms. The molecule has 2 nitrogen and oxygen atoms in total. The zero-order chi connectivity index (χ0) is 13.4. The first-order valence-corrected chi connectivity index (χ1v) is 6.70. The molecule has 0 aromatic heterocycles. The quantitative estimate of drug-likeness (QED) is 0.723. The lowest BCUT2D eigenvalue weighted by molar-refractivity contribution is 0.417. The van der Waals surface area contributed by atoms with Crippen LogP contribution in [0, 0.1) is 12.3 Å². The van der Waals surface area contributed by atoms with E-state index in [0.717, 1.165) is 12.8 Å². The van der Waals surface area contributed by atoms with Gasteiger partial charge < -0.3 is 5.73 Å². The molecule has 3 unspecified atom stereocenters. The van der Waals surface area contributed by atoms with Crippen molar-refractivity contribution in [2.24, 2.45) is 5.73 Å². The maximum absolute atomic E-state index is 5.88. The Balaban J connectivity index is 2.69. The minimum absolute atomic E-state index is 0.120. The molecule has 0 aliphatic carbocycles. The van der Waals surface area contributed by atoms with E-state index in [1.54, 1.807) is 0 Å². The van der Waals surface area contributed by atoms with Crippen LogP contribution in [-0.2, 0) is 0 Å². The van der Waals surface area contributed by atoms with E-state index >= 15 is 0 Å².